The predicted octanol–water partition coefficient (Wildman–Crippen LogP) is 6.21. The highest BCUT2D eigenvalue weighted by Gasteiger charge is 2.19. The van der Waals surface area contributed by atoms with Crippen LogP contribution in [0.2, 0.25) is 10.0 Å². The summed E-state index contributed by atoms with van der Waals surface area (Å²) in [6, 6.07) is 12.9. The molecule has 0 saturated carbocycles. The number of hydrogen-bond donors (Lipinski definition) is 1. The van der Waals surface area contributed by atoms with Gasteiger partial charge in [-0.2, -0.15) is 5.26 Å². The normalized spacial score (nSPS) is 11.8. The largest absolute Gasteiger partial charge is 0.506 e. The molecule has 3 nitrogen and oxygen atoms in total. The lowest BCUT2D eigenvalue weighted by molar-refractivity contribution is 0.514. The van der Waals surface area contributed by atoms with E-state index in [9.17, 15) is 14.8 Å². The first-order valence-corrected chi connectivity index (χ1v) is 8.65. The molecule has 7 heteroatoms. The minimum atomic E-state index is -0.512. The number of nitriles is 1. The number of aliphatic hydroxyl groups is 1. The van der Waals surface area contributed by atoms with Crippen LogP contribution < -0.4 is 0 Å². The van der Waals surface area contributed by atoms with Crippen molar-refractivity contribution in [2.45, 2.75) is 0 Å². The van der Waals surface area contributed by atoms with Gasteiger partial charge in [0.15, 0.2) is 0 Å². The van der Waals surface area contributed by atoms with Gasteiger partial charge in [-0.1, -0.05) is 41.4 Å². The number of aromatic nitrogens is 1. The fraction of sp³-hybridized carbons (Fsp3) is 0. The third kappa shape index (κ3) is 3.38. The molecular weight excluding hydrogens is 382 g/mol. The molecule has 1 heterocycles. The van der Waals surface area contributed by atoms with Crippen molar-refractivity contribution in [3.8, 4) is 17.3 Å². The highest BCUT2D eigenvalue weighted by molar-refractivity contribution is 7.11. The molecule has 0 aliphatic heterocycles. The maximum absolute atomic E-state index is 14.0. The standard InChI is InChI=1S/C18H9Cl2FN2OS/c19-12-5-2-1-4-10(12)17(24)11(8-22)18-23-15(9-25-18)16-13(20)6-3-7-14(16)21/h1-7,9,24H. The van der Waals surface area contributed by atoms with Gasteiger partial charge in [0.1, 0.15) is 28.2 Å². The van der Waals surface area contributed by atoms with Crippen LogP contribution in [0.25, 0.3) is 22.6 Å². The lowest BCUT2D eigenvalue weighted by Gasteiger charge is -2.05. The molecule has 3 aromatic rings. The van der Waals surface area contributed by atoms with E-state index in [0.29, 0.717) is 16.3 Å². The summed E-state index contributed by atoms with van der Waals surface area (Å²) < 4.78 is 14.0. The maximum atomic E-state index is 14.0. The zero-order chi connectivity index (χ0) is 18.0. The van der Waals surface area contributed by atoms with Crippen LogP contribution in [-0.4, -0.2) is 10.1 Å². The third-order valence-electron chi connectivity index (χ3n) is 3.41. The Morgan fingerprint density at radius 1 is 1.12 bits per heavy atom. The Hall–Kier alpha value is -2.39. The molecule has 1 N–H and O–H groups in total. The molecule has 0 aliphatic carbocycles. The molecule has 0 bridgehead atoms. The summed E-state index contributed by atoms with van der Waals surface area (Å²) in [6.07, 6.45) is 0. The van der Waals surface area contributed by atoms with E-state index in [4.69, 9.17) is 23.2 Å². The second-order valence-corrected chi connectivity index (χ2v) is 6.62. The molecule has 124 valence electrons. The summed E-state index contributed by atoms with van der Waals surface area (Å²) in [5, 5.41) is 22.2. The molecule has 0 aliphatic rings. The van der Waals surface area contributed by atoms with Gasteiger partial charge in [0, 0.05) is 10.9 Å². The summed E-state index contributed by atoms with van der Waals surface area (Å²) in [6.45, 7) is 0. The van der Waals surface area contributed by atoms with Crippen LogP contribution in [0.15, 0.2) is 47.8 Å². The van der Waals surface area contributed by atoms with Gasteiger partial charge in [-0.3, -0.25) is 0 Å². The summed E-state index contributed by atoms with van der Waals surface area (Å²) in [7, 11) is 0. The summed E-state index contributed by atoms with van der Waals surface area (Å²) >= 11 is 13.2. The summed E-state index contributed by atoms with van der Waals surface area (Å²) in [5.74, 6) is -0.796. The second-order valence-electron chi connectivity index (χ2n) is 4.95. The van der Waals surface area contributed by atoms with Gasteiger partial charge in [-0.05, 0) is 24.3 Å². The monoisotopic (exact) mass is 390 g/mol. The van der Waals surface area contributed by atoms with Crippen LogP contribution in [-0.2, 0) is 0 Å². The third-order valence-corrected chi connectivity index (χ3v) is 4.92. The Morgan fingerprint density at radius 3 is 2.52 bits per heavy atom. The van der Waals surface area contributed by atoms with Gasteiger partial charge >= 0.3 is 0 Å². The number of rotatable bonds is 3. The number of halogens is 3. The molecule has 0 saturated heterocycles. The van der Waals surface area contributed by atoms with Crippen LogP contribution >= 0.6 is 34.5 Å². The molecule has 3 rings (SSSR count). The van der Waals surface area contributed by atoms with E-state index in [1.54, 1.807) is 35.7 Å². The van der Waals surface area contributed by atoms with Crippen molar-refractivity contribution in [1.29, 1.82) is 5.26 Å². The first kappa shape index (κ1) is 17.4. The predicted molar refractivity (Wildman–Crippen MR) is 99.0 cm³/mol. The number of allylic oxidation sites excluding steroid dienone is 1. The van der Waals surface area contributed by atoms with Crippen LogP contribution in [0.5, 0.6) is 0 Å². The topological polar surface area (TPSA) is 56.9 Å². The summed E-state index contributed by atoms with van der Waals surface area (Å²) in [5.41, 5.74) is 0.724. The number of benzene rings is 2. The van der Waals surface area contributed by atoms with Crippen molar-refractivity contribution >= 4 is 45.9 Å². The molecule has 0 radical (unpaired) electrons. The molecule has 25 heavy (non-hydrogen) atoms. The Balaban J connectivity index is 2.11. The van der Waals surface area contributed by atoms with Gasteiger partial charge in [0.05, 0.1) is 21.3 Å². The van der Waals surface area contributed by atoms with E-state index in [1.165, 1.54) is 12.1 Å². The SMILES string of the molecule is N#CC(=C(O)c1ccccc1Cl)c1nc(-c2c(F)cccc2Cl)cs1. The molecular formula is C18H9Cl2FN2OS. The minimum absolute atomic E-state index is 0.0446. The fourth-order valence-corrected chi connectivity index (χ4v) is 3.53. The van der Waals surface area contributed by atoms with Crippen molar-refractivity contribution in [2.75, 3.05) is 0 Å². The number of hydrogen-bond acceptors (Lipinski definition) is 4. The van der Waals surface area contributed by atoms with Crippen LogP contribution in [0, 0.1) is 17.1 Å². The first-order valence-electron chi connectivity index (χ1n) is 7.01. The quantitative estimate of drug-likeness (QED) is 0.427. The minimum Gasteiger partial charge on any atom is -0.506 e. The Bertz CT molecular complexity index is 1000. The highest BCUT2D eigenvalue weighted by Crippen LogP contribution is 2.35. The molecule has 1 aromatic heterocycles. The van der Waals surface area contributed by atoms with Crippen LogP contribution in [0.3, 0.4) is 0 Å². The summed E-state index contributed by atoms with van der Waals surface area (Å²) in [4.78, 5) is 4.26. The first-order chi connectivity index (χ1) is 12.0. The highest BCUT2D eigenvalue weighted by atomic mass is 35.5. The number of nitrogens with zero attached hydrogens (tertiary/aromatic N) is 2. The molecule has 2 aromatic carbocycles. The molecule has 0 spiro atoms. The van der Waals surface area contributed by atoms with E-state index < -0.39 is 5.82 Å². The lowest BCUT2D eigenvalue weighted by atomic mass is 10.1. The fourth-order valence-electron chi connectivity index (χ4n) is 2.24. The van der Waals surface area contributed by atoms with Gasteiger partial charge in [0.2, 0.25) is 0 Å². The van der Waals surface area contributed by atoms with Crippen LogP contribution in [0.4, 0.5) is 4.39 Å². The van der Waals surface area contributed by atoms with E-state index in [0.717, 1.165) is 11.3 Å². The van der Waals surface area contributed by atoms with Crippen molar-refractivity contribution in [3.05, 3.63) is 74.3 Å². The maximum Gasteiger partial charge on any atom is 0.145 e. The van der Waals surface area contributed by atoms with Gasteiger partial charge < -0.3 is 5.11 Å². The van der Waals surface area contributed by atoms with Crippen molar-refractivity contribution in [3.63, 3.8) is 0 Å². The van der Waals surface area contributed by atoms with Crippen LogP contribution in [0.1, 0.15) is 10.6 Å². The lowest BCUT2D eigenvalue weighted by Crippen LogP contribution is -1.92. The molecule has 0 atom stereocenters. The smallest absolute Gasteiger partial charge is 0.145 e. The van der Waals surface area contributed by atoms with Gasteiger partial charge in [0.25, 0.3) is 0 Å². The second kappa shape index (κ2) is 7.24. The van der Waals surface area contributed by atoms with E-state index >= 15 is 0 Å². The van der Waals surface area contributed by atoms with Gasteiger partial charge in [-0.15, -0.1) is 11.3 Å². The Morgan fingerprint density at radius 2 is 1.84 bits per heavy atom. The van der Waals surface area contributed by atoms with Gasteiger partial charge in [-0.25, -0.2) is 9.37 Å². The van der Waals surface area contributed by atoms with Crippen molar-refractivity contribution in [1.82, 2.24) is 4.98 Å². The van der Waals surface area contributed by atoms with Crippen molar-refractivity contribution in [2.24, 2.45) is 0 Å². The molecule has 0 amide bonds. The average molecular weight is 391 g/mol. The number of aliphatic hydroxyl groups excluding tert-OH is 1. The van der Waals surface area contributed by atoms with E-state index in [1.807, 2.05) is 6.07 Å². The molecule has 0 fully saturated rings. The van der Waals surface area contributed by atoms with E-state index in [2.05, 4.69) is 4.98 Å². The van der Waals surface area contributed by atoms with Crippen molar-refractivity contribution < 1.29 is 9.50 Å². The molecule has 0 unspecified atom stereocenters. The average Bonchev–Trinajstić information content (AvgIpc) is 3.05. The zero-order valence-electron chi connectivity index (χ0n) is 12.5. The zero-order valence-corrected chi connectivity index (χ0v) is 14.8. The Labute approximate surface area is 157 Å². The Kier molecular flexibility index (Phi) is 5.05. The number of thiazole rings is 1. The van der Waals surface area contributed by atoms with E-state index in [-0.39, 0.29) is 26.9 Å².